The minimum Gasteiger partial charge on any atom is -0.396 e. The second-order valence-corrected chi connectivity index (χ2v) is 4.48. The van der Waals surface area contributed by atoms with Crippen LogP contribution in [0.25, 0.3) is 11.2 Å². The largest absolute Gasteiger partial charge is 0.396 e. The fourth-order valence-corrected chi connectivity index (χ4v) is 2.34. The van der Waals surface area contributed by atoms with Gasteiger partial charge in [0.1, 0.15) is 11.8 Å². The minimum atomic E-state index is 0.176. The van der Waals surface area contributed by atoms with Crippen molar-refractivity contribution in [1.82, 2.24) is 19.5 Å². The van der Waals surface area contributed by atoms with Crippen LogP contribution in [-0.4, -0.2) is 31.2 Å². The first-order valence-electron chi connectivity index (χ1n) is 5.42. The number of hydrogen-bond donors (Lipinski definition) is 1. The molecule has 0 fully saturated rings. The third-order valence-corrected chi connectivity index (χ3v) is 3.33. The molecule has 88 valence electrons. The molecule has 2 heterocycles. The van der Waals surface area contributed by atoms with Crippen LogP contribution in [0.15, 0.2) is 24.8 Å². The first kappa shape index (κ1) is 10.7. The third-order valence-electron chi connectivity index (χ3n) is 3.06. The van der Waals surface area contributed by atoms with Crippen molar-refractivity contribution in [3.63, 3.8) is 0 Å². The average Bonchev–Trinajstić information content (AvgIpc) is 2.94. The molecule has 0 saturated carbocycles. The molecule has 0 amide bonds. The van der Waals surface area contributed by atoms with Gasteiger partial charge in [-0.2, -0.15) is 0 Å². The zero-order chi connectivity index (χ0) is 11.8. The van der Waals surface area contributed by atoms with Gasteiger partial charge in [0.15, 0.2) is 10.8 Å². The fraction of sp³-hybridized carbons (Fsp3) is 0.364. The van der Waals surface area contributed by atoms with Gasteiger partial charge < -0.3 is 9.67 Å². The Bertz CT molecular complexity index is 580. The molecule has 1 aliphatic rings. The van der Waals surface area contributed by atoms with Gasteiger partial charge in [0.25, 0.3) is 0 Å². The van der Waals surface area contributed by atoms with Gasteiger partial charge in [0.2, 0.25) is 0 Å². The van der Waals surface area contributed by atoms with Crippen LogP contribution in [0.1, 0.15) is 12.5 Å². The van der Waals surface area contributed by atoms with Gasteiger partial charge in [0.05, 0.1) is 12.4 Å². The molecule has 2 atom stereocenters. The second-order valence-electron chi connectivity index (χ2n) is 4.12. The zero-order valence-electron chi connectivity index (χ0n) is 8.99. The molecule has 1 aliphatic carbocycles. The summed E-state index contributed by atoms with van der Waals surface area (Å²) in [6, 6.07) is 0.183. The molecule has 0 aliphatic heterocycles. The van der Waals surface area contributed by atoms with Crippen LogP contribution in [0.5, 0.6) is 0 Å². The first-order chi connectivity index (χ1) is 8.29. The van der Waals surface area contributed by atoms with Gasteiger partial charge in [0, 0.05) is 12.5 Å². The maximum absolute atomic E-state index is 9.12. The van der Waals surface area contributed by atoms with Crippen LogP contribution in [0.2, 0.25) is 5.15 Å². The lowest BCUT2D eigenvalue weighted by atomic mass is 10.1. The summed E-state index contributed by atoms with van der Waals surface area (Å²) in [7, 11) is 0. The van der Waals surface area contributed by atoms with Crippen molar-refractivity contribution in [1.29, 1.82) is 0 Å². The Kier molecular flexibility index (Phi) is 2.57. The SMILES string of the molecule is OC[C@H]1C=C[C@@H](n2cnc3c(Cl)ncnc32)C1. The molecule has 5 nitrogen and oxygen atoms in total. The van der Waals surface area contributed by atoms with Gasteiger partial charge in [-0.15, -0.1) is 0 Å². The number of aliphatic hydroxyl groups is 1. The summed E-state index contributed by atoms with van der Waals surface area (Å²) in [5.74, 6) is 0.217. The Morgan fingerprint density at radius 1 is 1.35 bits per heavy atom. The van der Waals surface area contributed by atoms with Gasteiger partial charge in [-0.3, -0.25) is 0 Å². The van der Waals surface area contributed by atoms with Gasteiger partial charge in [-0.1, -0.05) is 23.8 Å². The van der Waals surface area contributed by atoms with E-state index in [1.54, 1.807) is 6.33 Å². The number of nitrogens with zero attached hydrogens (tertiary/aromatic N) is 4. The highest BCUT2D eigenvalue weighted by molar-refractivity contribution is 6.33. The molecule has 2 aromatic rings. The number of allylic oxidation sites excluding steroid dienone is 1. The Morgan fingerprint density at radius 2 is 2.24 bits per heavy atom. The molecule has 0 bridgehead atoms. The van der Waals surface area contributed by atoms with E-state index in [0.29, 0.717) is 10.7 Å². The van der Waals surface area contributed by atoms with Crippen molar-refractivity contribution >= 4 is 22.8 Å². The van der Waals surface area contributed by atoms with Crippen LogP contribution in [0, 0.1) is 5.92 Å². The van der Waals surface area contributed by atoms with E-state index in [9.17, 15) is 0 Å². The number of hydrogen-bond acceptors (Lipinski definition) is 4. The summed E-state index contributed by atoms with van der Waals surface area (Å²) in [5.41, 5.74) is 1.35. The average molecular weight is 251 g/mol. The molecule has 0 unspecified atom stereocenters. The Morgan fingerprint density at radius 3 is 3.00 bits per heavy atom. The second kappa shape index (κ2) is 4.09. The molecule has 6 heteroatoms. The highest BCUT2D eigenvalue weighted by atomic mass is 35.5. The summed E-state index contributed by atoms with van der Waals surface area (Å²) < 4.78 is 1.97. The topological polar surface area (TPSA) is 63.8 Å². The highest BCUT2D eigenvalue weighted by Crippen LogP contribution is 2.30. The van der Waals surface area contributed by atoms with Gasteiger partial charge in [-0.05, 0) is 6.42 Å². The zero-order valence-corrected chi connectivity index (χ0v) is 9.75. The van der Waals surface area contributed by atoms with Crippen molar-refractivity contribution in [3.05, 3.63) is 30.0 Å². The third kappa shape index (κ3) is 1.71. The molecule has 3 rings (SSSR count). The molecule has 1 N–H and O–H groups in total. The molecular weight excluding hydrogens is 240 g/mol. The number of aliphatic hydroxyl groups excluding tert-OH is 1. The minimum absolute atomic E-state index is 0.176. The van der Waals surface area contributed by atoms with Crippen LogP contribution in [0.3, 0.4) is 0 Å². The smallest absolute Gasteiger partial charge is 0.165 e. The molecule has 2 aromatic heterocycles. The number of rotatable bonds is 2. The van der Waals surface area contributed by atoms with E-state index in [1.807, 2.05) is 10.6 Å². The maximum atomic E-state index is 9.12. The maximum Gasteiger partial charge on any atom is 0.165 e. The monoisotopic (exact) mass is 250 g/mol. The van der Waals surface area contributed by atoms with E-state index in [-0.39, 0.29) is 18.6 Å². The summed E-state index contributed by atoms with van der Waals surface area (Å²) in [6.45, 7) is 0.176. The van der Waals surface area contributed by atoms with Crippen LogP contribution in [-0.2, 0) is 0 Å². The lowest BCUT2D eigenvalue weighted by Gasteiger charge is -2.12. The highest BCUT2D eigenvalue weighted by Gasteiger charge is 2.22. The van der Waals surface area contributed by atoms with Gasteiger partial charge >= 0.3 is 0 Å². The Labute approximate surface area is 103 Å². The molecule has 17 heavy (non-hydrogen) atoms. The van der Waals surface area contributed by atoms with E-state index in [0.717, 1.165) is 12.1 Å². The van der Waals surface area contributed by atoms with Crippen molar-refractivity contribution < 1.29 is 5.11 Å². The van der Waals surface area contributed by atoms with E-state index < -0.39 is 0 Å². The quantitative estimate of drug-likeness (QED) is 0.649. The van der Waals surface area contributed by atoms with E-state index in [2.05, 4.69) is 21.0 Å². The molecule has 0 aromatic carbocycles. The summed E-state index contributed by atoms with van der Waals surface area (Å²) in [5, 5.41) is 9.49. The first-order valence-corrected chi connectivity index (χ1v) is 5.79. The van der Waals surface area contributed by atoms with Crippen molar-refractivity contribution in [2.75, 3.05) is 6.61 Å². The number of imidazole rings is 1. The molecule has 0 radical (unpaired) electrons. The lowest BCUT2D eigenvalue weighted by Crippen LogP contribution is -2.07. The lowest BCUT2D eigenvalue weighted by molar-refractivity contribution is 0.244. The molecular formula is C11H11ClN4O. The Hall–Kier alpha value is -1.46. The predicted octanol–water partition coefficient (Wildman–Crippen LogP) is 1.59. The predicted molar refractivity (Wildman–Crippen MR) is 63.7 cm³/mol. The Balaban J connectivity index is 2.02. The summed E-state index contributed by atoms with van der Waals surface area (Å²) in [4.78, 5) is 12.3. The number of fused-ring (bicyclic) bond motifs is 1. The summed E-state index contributed by atoms with van der Waals surface area (Å²) >= 11 is 5.95. The van der Waals surface area contributed by atoms with E-state index in [1.165, 1.54) is 6.33 Å². The standard InChI is InChI=1S/C11H11ClN4O/c12-10-9-11(14-5-13-10)16(6-15-9)8-2-1-7(3-8)4-17/h1-2,5-8,17H,3-4H2/t7-,8+/m0/s1. The number of halogens is 1. The molecule has 0 spiro atoms. The van der Waals surface area contributed by atoms with Crippen LogP contribution < -0.4 is 0 Å². The van der Waals surface area contributed by atoms with Crippen molar-refractivity contribution in [2.45, 2.75) is 12.5 Å². The fourth-order valence-electron chi connectivity index (χ4n) is 2.16. The normalized spacial score (nSPS) is 23.6. The molecule has 0 saturated heterocycles. The van der Waals surface area contributed by atoms with E-state index in [4.69, 9.17) is 16.7 Å². The number of aromatic nitrogens is 4. The van der Waals surface area contributed by atoms with Crippen molar-refractivity contribution in [2.24, 2.45) is 5.92 Å². The van der Waals surface area contributed by atoms with Crippen LogP contribution >= 0.6 is 11.6 Å². The van der Waals surface area contributed by atoms with Crippen molar-refractivity contribution in [3.8, 4) is 0 Å². The van der Waals surface area contributed by atoms with E-state index >= 15 is 0 Å². The van der Waals surface area contributed by atoms with Crippen LogP contribution in [0.4, 0.5) is 0 Å². The van der Waals surface area contributed by atoms with Gasteiger partial charge in [-0.25, -0.2) is 15.0 Å². The summed E-state index contributed by atoms with van der Waals surface area (Å²) in [6.07, 6.45) is 8.12.